The number of halogens is 2. The van der Waals surface area contributed by atoms with E-state index in [-0.39, 0.29) is 22.4 Å². The van der Waals surface area contributed by atoms with Crippen LogP contribution in [0.15, 0.2) is 48.3 Å². The Morgan fingerprint density at radius 3 is 1.56 bits per heavy atom. The molecule has 4 heteroatoms. The van der Waals surface area contributed by atoms with Crippen LogP contribution in [0.25, 0.3) is 0 Å². The summed E-state index contributed by atoms with van der Waals surface area (Å²) in [7, 11) is 0. The molecule has 32 heavy (non-hydrogen) atoms. The zero-order chi connectivity index (χ0) is 41.0. The van der Waals surface area contributed by atoms with Crippen LogP contribution in [0.2, 0.25) is 10.0 Å². The van der Waals surface area contributed by atoms with E-state index >= 15 is 0 Å². The minimum Gasteiger partial charge on any atom is -0.294 e. The Hall–Kier alpha value is -1.64. The molecule has 0 bridgehead atoms. The lowest BCUT2D eigenvalue weighted by Gasteiger charge is -2.22. The molecular weight excluding hydrogens is 439 g/mol. The third kappa shape index (κ3) is 10.8. The van der Waals surface area contributed by atoms with Gasteiger partial charge < -0.3 is 0 Å². The van der Waals surface area contributed by atoms with Gasteiger partial charge in [0.05, 0.1) is 11.0 Å². The fraction of sp³-hybridized carbons (Fsp3) is 0.500. The molecule has 0 radical (unpaired) electrons. The van der Waals surface area contributed by atoms with Crippen LogP contribution < -0.4 is 0 Å². The van der Waals surface area contributed by atoms with Crippen molar-refractivity contribution in [2.45, 2.75) is 68.0 Å². The van der Waals surface area contributed by atoms with Gasteiger partial charge in [0.1, 0.15) is 0 Å². The Bertz CT molecular complexity index is 1590. The molecule has 0 amide bonds. The summed E-state index contributed by atoms with van der Waals surface area (Å²) in [6, 6.07) is -5.22. The van der Waals surface area contributed by atoms with Gasteiger partial charge in [0, 0.05) is 48.0 Å². The van der Waals surface area contributed by atoms with E-state index < -0.39 is 115 Å². The van der Waals surface area contributed by atoms with Crippen LogP contribution in [-0.2, 0) is 0 Å². The van der Waals surface area contributed by atoms with Gasteiger partial charge in [0.15, 0.2) is 11.6 Å². The average Bonchev–Trinajstić information content (AvgIpc) is 2.93. The molecule has 176 valence electrons. The van der Waals surface area contributed by atoms with Crippen molar-refractivity contribution < 1.29 is 35.6 Å². The molecule has 2 aromatic carbocycles. The van der Waals surface area contributed by atoms with E-state index in [0.717, 1.165) is 6.92 Å². The summed E-state index contributed by atoms with van der Waals surface area (Å²) in [5.74, 6) is -6.41. The quantitative estimate of drug-likeness (QED) is 0.374. The molecule has 0 aliphatic rings. The number of hydrogen-bond acceptors (Lipinski definition) is 2. The molecule has 0 saturated carbocycles. The maximum absolute atomic E-state index is 13.0. The number of benzene rings is 2. The van der Waals surface area contributed by atoms with Gasteiger partial charge in [-0.25, -0.2) is 0 Å². The SMILES string of the molecule is [2H]c1c([2H])c(Cl)c([2H])c(C(=O)[C@]([2H])(C)CC(C([2H])([2H])[2H])(C([2H])([2H])[2H])C([2H])([2H])[2H])c1[2H].[2H]c1c([2H])c(Cl)c([2H])c(C(=O)[C@]([2H])(C)CC(C)(C)C)c1[2H]. The van der Waals surface area contributed by atoms with Crippen LogP contribution in [0.1, 0.15) is 115 Å². The predicted molar refractivity (Wildman–Crippen MR) is 138 cm³/mol. The molecule has 2 nitrogen and oxygen atoms in total. The van der Waals surface area contributed by atoms with Gasteiger partial charge >= 0.3 is 0 Å². The second-order valence-corrected chi connectivity index (χ2v) is 9.17. The van der Waals surface area contributed by atoms with Crippen molar-refractivity contribution in [3.8, 4) is 0 Å². The molecule has 0 fully saturated rings. The lowest BCUT2D eigenvalue weighted by Crippen LogP contribution is -2.18. The van der Waals surface area contributed by atoms with Crippen molar-refractivity contribution in [3.63, 3.8) is 0 Å². The molecule has 2 aromatic rings. The number of Topliss-reactive ketones (excluding diaryl/α,β-unsaturated/α-hetero) is 2. The summed E-state index contributed by atoms with van der Waals surface area (Å²) in [6.45, 7) is -3.01. The Balaban J connectivity index is 0.000000543. The zero-order valence-electron chi connectivity index (χ0n) is 37.5. The zero-order valence-corrected chi connectivity index (χ0v) is 20.0. The first-order valence-corrected chi connectivity index (χ1v) is 10.2. The van der Waals surface area contributed by atoms with E-state index in [2.05, 4.69) is 0 Å². The van der Waals surface area contributed by atoms with E-state index in [1.54, 1.807) is 0 Å². The van der Waals surface area contributed by atoms with E-state index in [4.69, 9.17) is 49.2 Å². The topological polar surface area (TPSA) is 34.1 Å². The van der Waals surface area contributed by atoms with Crippen LogP contribution in [0.3, 0.4) is 0 Å². The Morgan fingerprint density at radius 1 is 0.844 bits per heavy atom. The number of carbonyl (C=O) groups is 2. The Kier molecular flexibility index (Phi) is 4.03. The Labute approximate surface area is 231 Å². The molecule has 0 unspecified atom stereocenters. The van der Waals surface area contributed by atoms with Crippen molar-refractivity contribution in [2.75, 3.05) is 0 Å². The first-order valence-electron chi connectivity index (χ1n) is 19.0. The van der Waals surface area contributed by atoms with Crippen molar-refractivity contribution in [2.24, 2.45) is 22.6 Å². The molecule has 0 aromatic heterocycles. The van der Waals surface area contributed by atoms with Crippen LogP contribution in [0, 0.1) is 22.6 Å². The van der Waals surface area contributed by atoms with E-state index in [1.807, 2.05) is 20.8 Å². The van der Waals surface area contributed by atoms with Crippen molar-refractivity contribution in [1.82, 2.24) is 0 Å². The summed E-state index contributed by atoms with van der Waals surface area (Å²) in [6.07, 6.45) is -1.24. The van der Waals surface area contributed by atoms with Crippen LogP contribution in [-0.4, -0.2) is 11.6 Å². The number of ketones is 2. The van der Waals surface area contributed by atoms with Gasteiger partial charge in [-0.05, 0) is 47.8 Å². The van der Waals surface area contributed by atoms with E-state index in [1.165, 1.54) is 6.92 Å². The van der Waals surface area contributed by atoms with Gasteiger partial charge in [0.2, 0.25) is 0 Å². The molecule has 2 atom stereocenters. The summed E-state index contributed by atoms with van der Waals surface area (Å²) >= 11 is 11.5. The minimum atomic E-state index is -3.64. The summed E-state index contributed by atoms with van der Waals surface area (Å²) in [5, 5.41) is -0.991. The van der Waals surface area contributed by atoms with Gasteiger partial charge in [0.25, 0.3) is 0 Å². The van der Waals surface area contributed by atoms with Gasteiger partial charge in [-0.1, -0.05) is 103 Å². The van der Waals surface area contributed by atoms with E-state index in [9.17, 15) is 9.59 Å². The van der Waals surface area contributed by atoms with Crippen LogP contribution in [0.5, 0.6) is 0 Å². The van der Waals surface area contributed by atoms with Gasteiger partial charge in [-0.2, -0.15) is 0 Å². The molecule has 0 N–H and O–H groups in total. The number of carbonyl (C=O) groups excluding carboxylic acids is 2. The highest BCUT2D eigenvalue weighted by atomic mass is 35.5. The fourth-order valence-corrected chi connectivity index (χ4v) is 2.93. The van der Waals surface area contributed by atoms with Crippen molar-refractivity contribution >= 4 is 34.8 Å². The largest absolute Gasteiger partial charge is 0.294 e. The lowest BCUT2D eigenvalue weighted by molar-refractivity contribution is 0.0891. The highest BCUT2D eigenvalue weighted by Gasteiger charge is 2.22. The number of rotatable bonds is 6. The highest BCUT2D eigenvalue weighted by Crippen LogP contribution is 2.28. The highest BCUT2D eigenvalue weighted by molar-refractivity contribution is 6.31. The predicted octanol–water partition coefficient (Wildman–Crippen LogP) is 9.19. The van der Waals surface area contributed by atoms with Gasteiger partial charge in [-0.3, -0.25) is 9.59 Å². The Morgan fingerprint density at radius 2 is 1.22 bits per heavy atom. The first-order chi connectivity index (χ1) is 22.3. The molecule has 0 heterocycles. The average molecular weight is 497 g/mol. The second-order valence-electron chi connectivity index (χ2n) is 8.42. The molecule has 0 saturated heterocycles. The molecule has 0 spiro atoms. The fourth-order valence-electron chi connectivity index (χ4n) is 2.65. The second kappa shape index (κ2) is 12.0. The molecule has 2 rings (SSSR count). The lowest BCUT2D eigenvalue weighted by atomic mass is 9.82. The van der Waals surface area contributed by atoms with Crippen molar-refractivity contribution in [3.05, 3.63) is 69.5 Å². The maximum Gasteiger partial charge on any atom is 0.165 e. The summed E-state index contributed by atoms with van der Waals surface area (Å²) in [5.41, 5.74) is -4.98. The monoisotopic (exact) mass is 495 g/mol. The minimum absolute atomic E-state index is 0.241. The molecule has 0 aliphatic carbocycles. The first kappa shape index (κ1) is 10.7. The molecule has 0 aliphatic heterocycles. The number of hydrogen-bond donors (Lipinski definition) is 0. The van der Waals surface area contributed by atoms with Crippen LogP contribution in [0.4, 0.5) is 0 Å². The normalized spacial score (nSPS) is 25.3. The summed E-state index contributed by atoms with van der Waals surface area (Å²) < 4.78 is 147. The standard InChI is InChI=1S/2C14H19ClO/c2*1-10(9-14(2,3)4)13(16)11-6-5-7-12(15)8-11/h2*5-8,10H,9H2,1-4H3/t2*10-/m11/s1/i2D3,3D3,4D3,5D,6D,7D,8D,10D;5D,6D,7D,8D,10D. The van der Waals surface area contributed by atoms with Crippen LogP contribution >= 0.6 is 23.2 Å². The third-order valence-corrected chi connectivity index (χ3v) is 4.12. The molecular formula is C28H38Cl2O2. The van der Waals surface area contributed by atoms with Gasteiger partial charge in [-0.15, -0.1) is 0 Å². The maximum atomic E-state index is 13.0. The van der Waals surface area contributed by atoms with E-state index in [0.29, 0.717) is 0 Å². The van der Waals surface area contributed by atoms with Crippen molar-refractivity contribution in [1.29, 1.82) is 0 Å². The summed E-state index contributed by atoms with van der Waals surface area (Å²) in [4.78, 5) is 25.6. The smallest absolute Gasteiger partial charge is 0.165 e. The third-order valence-electron chi connectivity index (χ3n) is 3.74.